The van der Waals surface area contributed by atoms with Crippen LogP contribution in [0.5, 0.6) is 0 Å². The average Bonchev–Trinajstić information content (AvgIpc) is 2.14. The summed E-state index contributed by atoms with van der Waals surface area (Å²) in [6.07, 6.45) is 0. The van der Waals surface area contributed by atoms with Crippen molar-refractivity contribution in [3.63, 3.8) is 0 Å². The summed E-state index contributed by atoms with van der Waals surface area (Å²) in [6.45, 7) is 0. The van der Waals surface area contributed by atoms with Crippen LogP contribution in [-0.4, -0.2) is 18.0 Å². The van der Waals surface area contributed by atoms with Gasteiger partial charge in [0.15, 0.2) is 0 Å². The van der Waals surface area contributed by atoms with Gasteiger partial charge in [-0.05, 0) is 22.3 Å². The van der Waals surface area contributed by atoms with E-state index in [9.17, 15) is 0 Å². The van der Waals surface area contributed by atoms with Crippen LogP contribution in [0.3, 0.4) is 0 Å². The number of benzene rings is 2. The quantitative estimate of drug-likeness (QED) is 0.519. The van der Waals surface area contributed by atoms with Crippen molar-refractivity contribution in [2.75, 3.05) is 0 Å². The van der Waals surface area contributed by atoms with Gasteiger partial charge in [-0.15, -0.1) is 0 Å². The topological polar surface area (TPSA) is 0 Å². The fraction of sp³-hybridized carbons (Fsp3) is 0. The summed E-state index contributed by atoms with van der Waals surface area (Å²) < 4.78 is 0. The van der Waals surface area contributed by atoms with E-state index in [1.54, 1.807) is 0 Å². The monoisotopic (exact) mass is 230 g/mol. The van der Waals surface area contributed by atoms with Gasteiger partial charge in [0.2, 0.25) is 0 Å². The van der Waals surface area contributed by atoms with Gasteiger partial charge in [0, 0.05) is 0 Å². The van der Waals surface area contributed by atoms with Crippen LogP contribution < -0.4 is 0 Å². The number of hydrogen-bond acceptors (Lipinski definition) is 0. The van der Waals surface area contributed by atoms with Gasteiger partial charge in [-0.3, -0.25) is 0 Å². The van der Waals surface area contributed by atoms with Gasteiger partial charge in [0.25, 0.3) is 0 Å². The van der Waals surface area contributed by atoms with Gasteiger partial charge >= 0.3 is 18.0 Å². The summed E-state index contributed by atoms with van der Waals surface area (Å²) in [6, 6.07) is 17.1. The summed E-state index contributed by atoms with van der Waals surface area (Å²) >= 11 is 0. The van der Waals surface area contributed by atoms with E-state index in [1.807, 2.05) is 0 Å². The van der Waals surface area contributed by atoms with Gasteiger partial charge in [-0.25, -0.2) is 0 Å². The van der Waals surface area contributed by atoms with E-state index in [4.69, 9.17) is 0 Å². The molecule has 13 heavy (non-hydrogen) atoms. The van der Waals surface area contributed by atoms with Crippen molar-refractivity contribution in [1.82, 2.24) is 0 Å². The van der Waals surface area contributed by atoms with Crippen LogP contribution >= 0.6 is 0 Å². The summed E-state index contributed by atoms with van der Waals surface area (Å²) in [5, 5.41) is 0. The first-order chi connectivity index (χ1) is 5.97. The third-order valence-corrected chi connectivity index (χ3v) is 2.43. The maximum atomic E-state index is 2.18. The van der Waals surface area contributed by atoms with Gasteiger partial charge in [0.1, 0.15) is 0 Å². The Labute approximate surface area is 88.9 Å². The maximum absolute atomic E-state index is 2.18. The van der Waals surface area contributed by atoms with E-state index < -0.39 is 0 Å². The van der Waals surface area contributed by atoms with Crippen molar-refractivity contribution < 1.29 is 0 Å². The van der Waals surface area contributed by atoms with Crippen LogP contribution in [0.25, 0.3) is 22.3 Å². The molecular formula is C12H11As. The van der Waals surface area contributed by atoms with Crippen molar-refractivity contribution >= 4 is 18.0 Å². The first-order valence-electron chi connectivity index (χ1n) is 4.15. The zero-order chi connectivity index (χ0) is 7.97. The Balaban J connectivity index is 0.000000653. The van der Waals surface area contributed by atoms with E-state index in [2.05, 4.69) is 48.5 Å². The molecule has 1 heteroatoms. The first-order valence-corrected chi connectivity index (χ1v) is 4.15. The molecule has 0 fully saturated rings. The summed E-state index contributed by atoms with van der Waals surface area (Å²) in [4.78, 5) is 0. The van der Waals surface area contributed by atoms with Crippen LogP contribution in [-0.2, 0) is 0 Å². The number of rotatable bonds is 0. The van der Waals surface area contributed by atoms with Crippen LogP contribution in [0.15, 0.2) is 48.5 Å². The van der Waals surface area contributed by atoms with E-state index in [0.29, 0.717) is 0 Å². The van der Waals surface area contributed by atoms with Crippen LogP contribution in [0.1, 0.15) is 0 Å². The molecule has 1 unspecified atom stereocenters. The summed E-state index contributed by atoms with van der Waals surface area (Å²) in [5.41, 5.74) is 5.59. The summed E-state index contributed by atoms with van der Waals surface area (Å²) in [5.74, 6) is 0. The molecule has 2 aromatic carbocycles. The molecule has 1 aliphatic carbocycles. The predicted molar refractivity (Wildman–Crippen MR) is 60.8 cm³/mol. The minimum Gasteiger partial charge on any atom is -0.0616 e. The third kappa shape index (κ3) is 1.06. The normalized spacial score (nSPS) is 10.5. The minimum absolute atomic E-state index is 0. The van der Waals surface area contributed by atoms with Gasteiger partial charge < -0.3 is 0 Å². The Morgan fingerprint density at radius 3 is 0.923 bits per heavy atom. The van der Waals surface area contributed by atoms with Crippen molar-refractivity contribution in [3.05, 3.63) is 48.5 Å². The predicted octanol–water partition coefficient (Wildman–Crippen LogP) is 2.15. The molecule has 64 valence electrons. The fourth-order valence-corrected chi connectivity index (χ4v) is 1.84. The van der Waals surface area contributed by atoms with Crippen LogP contribution in [0.4, 0.5) is 0 Å². The Bertz CT molecular complexity index is 346. The Hall–Kier alpha value is -1.00. The molecule has 0 saturated carbocycles. The molecule has 0 heterocycles. The van der Waals surface area contributed by atoms with E-state index in [0.717, 1.165) is 0 Å². The molecule has 0 bridgehead atoms. The van der Waals surface area contributed by atoms with E-state index in [-0.39, 0.29) is 18.0 Å². The molecule has 0 nitrogen and oxygen atoms in total. The molecule has 0 spiro atoms. The largest absolute Gasteiger partial charge is 0.0616 e. The van der Waals surface area contributed by atoms with E-state index >= 15 is 0 Å². The van der Waals surface area contributed by atoms with E-state index in [1.165, 1.54) is 22.3 Å². The standard InChI is InChI=1S/C12H8.AsH3/c1-2-6-10-9(5-1)11-7-3-4-8-12(10)11;/h1-8H;1H3. The second-order valence-electron chi connectivity index (χ2n) is 3.09. The minimum atomic E-state index is 0. The first kappa shape index (κ1) is 8.59. The summed E-state index contributed by atoms with van der Waals surface area (Å²) in [7, 11) is 0. The fourth-order valence-electron chi connectivity index (χ4n) is 1.84. The van der Waals surface area contributed by atoms with Crippen molar-refractivity contribution in [2.24, 2.45) is 0 Å². The van der Waals surface area contributed by atoms with Crippen molar-refractivity contribution in [3.8, 4) is 22.3 Å². The molecule has 1 atom stereocenters. The molecule has 0 saturated heterocycles. The van der Waals surface area contributed by atoms with Crippen LogP contribution in [0.2, 0.25) is 0 Å². The second kappa shape index (κ2) is 3.05. The number of fused-ring (bicyclic) bond motifs is 4. The zero-order valence-corrected chi connectivity index (χ0v) is 10.3. The number of hydrogen-bond donors (Lipinski definition) is 0. The molecule has 0 aromatic heterocycles. The second-order valence-corrected chi connectivity index (χ2v) is 3.09. The molecule has 2 aromatic rings. The SMILES string of the molecule is [AsH3].c1ccc2c(c1)-c1ccccc1-2. The molecule has 0 aliphatic heterocycles. The molecule has 0 radical (unpaired) electrons. The smallest absolute Gasteiger partial charge is 0.00990 e. The maximum Gasteiger partial charge on any atom is -0.00990 e. The molecular weight excluding hydrogens is 219 g/mol. The van der Waals surface area contributed by atoms with Crippen molar-refractivity contribution in [2.45, 2.75) is 0 Å². The van der Waals surface area contributed by atoms with Crippen molar-refractivity contribution in [1.29, 1.82) is 0 Å². The van der Waals surface area contributed by atoms with Gasteiger partial charge in [0.05, 0.1) is 0 Å². The van der Waals surface area contributed by atoms with Gasteiger partial charge in [-0.2, -0.15) is 0 Å². The van der Waals surface area contributed by atoms with Crippen LogP contribution in [0, 0.1) is 0 Å². The average molecular weight is 230 g/mol. The molecule has 3 rings (SSSR count). The molecule has 1 aliphatic rings. The molecule has 0 N–H and O–H groups in total. The Morgan fingerprint density at radius 1 is 0.462 bits per heavy atom. The van der Waals surface area contributed by atoms with Gasteiger partial charge in [-0.1, -0.05) is 48.5 Å². The zero-order valence-electron chi connectivity index (χ0n) is 7.33. The Morgan fingerprint density at radius 2 is 0.692 bits per heavy atom. The Kier molecular flexibility index (Phi) is 2.01. The third-order valence-electron chi connectivity index (χ3n) is 2.43. The molecule has 0 amide bonds.